The third-order valence-electron chi connectivity index (χ3n) is 4.47. The topological polar surface area (TPSA) is 58.6 Å². The molecule has 1 aliphatic rings. The van der Waals surface area contributed by atoms with Crippen molar-refractivity contribution in [2.45, 2.75) is 32.9 Å². The van der Waals surface area contributed by atoms with Gasteiger partial charge in [0.05, 0.1) is 6.61 Å². The van der Waals surface area contributed by atoms with Gasteiger partial charge in [-0.2, -0.15) is 0 Å². The van der Waals surface area contributed by atoms with Gasteiger partial charge in [0.2, 0.25) is 5.91 Å². The molecule has 1 saturated heterocycles. The molecule has 1 aliphatic heterocycles. The number of nitrogens with one attached hydrogen (secondary N) is 1. The van der Waals surface area contributed by atoms with E-state index >= 15 is 0 Å². The Balaban J connectivity index is 1.57. The zero-order valence-corrected chi connectivity index (χ0v) is 15.0. The fourth-order valence-electron chi connectivity index (χ4n) is 3.08. The van der Waals surface area contributed by atoms with Crippen LogP contribution in [-0.4, -0.2) is 29.9 Å². The number of benzene rings is 2. The summed E-state index contributed by atoms with van der Waals surface area (Å²) < 4.78 is 5.58. The summed E-state index contributed by atoms with van der Waals surface area (Å²) in [7, 11) is 0. The van der Waals surface area contributed by atoms with E-state index in [1.165, 1.54) is 0 Å². The van der Waals surface area contributed by atoms with E-state index in [1.54, 1.807) is 12.1 Å². The zero-order valence-electron chi connectivity index (χ0n) is 15.0. The number of amides is 2. The maximum absolute atomic E-state index is 12.4. The van der Waals surface area contributed by atoms with E-state index in [0.29, 0.717) is 31.7 Å². The number of ether oxygens (including phenoxy) is 1. The van der Waals surface area contributed by atoms with Crippen LogP contribution in [0.25, 0.3) is 0 Å². The average molecular weight is 352 g/mol. The van der Waals surface area contributed by atoms with Crippen LogP contribution in [0.2, 0.25) is 0 Å². The predicted octanol–water partition coefficient (Wildman–Crippen LogP) is 3.14. The van der Waals surface area contributed by atoms with Crippen molar-refractivity contribution in [1.29, 1.82) is 0 Å². The van der Waals surface area contributed by atoms with Gasteiger partial charge in [-0.05, 0) is 37.1 Å². The van der Waals surface area contributed by atoms with Crippen LogP contribution < -0.4 is 10.1 Å². The van der Waals surface area contributed by atoms with Crippen LogP contribution in [0.1, 0.15) is 41.3 Å². The lowest BCUT2D eigenvalue weighted by atomic mass is 10.1. The van der Waals surface area contributed by atoms with Crippen LogP contribution in [0.4, 0.5) is 0 Å². The molecule has 1 fully saturated rings. The molecule has 0 aromatic heterocycles. The van der Waals surface area contributed by atoms with Gasteiger partial charge in [-0.1, -0.05) is 30.3 Å². The molecule has 3 rings (SSSR count). The van der Waals surface area contributed by atoms with Gasteiger partial charge in [0.15, 0.2) is 0 Å². The molecule has 0 radical (unpaired) electrons. The van der Waals surface area contributed by atoms with Gasteiger partial charge >= 0.3 is 0 Å². The summed E-state index contributed by atoms with van der Waals surface area (Å²) in [6.07, 6.45) is 1.58. The first kappa shape index (κ1) is 18.0. The highest BCUT2D eigenvalue weighted by molar-refractivity contribution is 5.94. The smallest absolute Gasteiger partial charge is 0.251 e. The molecule has 26 heavy (non-hydrogen) atoms. The standard InChI is InChI=1S/C21H24N2O3/c1-2-26-19-7-4-3-6-18(19)14-22-21(25)17-11-9-16(10-12-17)15-23-13-5-8-20(23)24/h3-4,6-7,9-12H,2,5,8,13-15H2,1H3,(H,22,25). The number of hydrogen-bond acceptors (Lipinski definition) is 3. The van der Waals surface area contributed by atoms with Crippen molar-refractivity contribution >= 4 is 11.8 Å². The van der Waals surface area contributed by atoms with Crippen LogP contribution >= 0.6 is 0 Å². The van der Waals surface area contributed by atoms with E-state index in [0.717, 1.165) is 29.8 Å². The van der Waals surface area contributed by atoms with Crippen molar-refractivity contribution in [2.24, 2.45) is 0 Å². The minimum Gasteiger partial charge on any atom is -0.494 e. The maximum atomic E-state index is 12.4. The molecule has 0 saturated carbocycles. The van der Waals surface area contributed by atoms with Gasteiger partial charge in [0, 0.05) is 37.2 Å². The summed E-state index contributed by atoms with van der Waals surface area (Å²) >= 11 is 0. The van der Waals surface area contributed by atoms with Crippen LogP contribution in [0.5, 0.6) is 5.75 Å². The quantitative estimate of drug-likeness (QED) is 0.833. The second kappa shape index (κ2) is 8.52. The summed E-state index contributed by atoms with van der Waals surface area (Å²) in [5.74, 6) is 0.876. The molecule has 0 spiro atoms. The molecule has 136 valence electrons. The van der Waals surface area contributed by atoms with Gasteiger partial charge < -0.3 is 15.0 Å². The normalized spacial score (nSPS) is 13.7. The third kappa shape index (κ3) is 4.42. The van der Waals surface area contributed by atoms with Crippen LogP contribution in [0, 0.1) is 0 Å². The average Bonchev–Trinajstić information content (AvgIpc) is 3.06. The molecule has 0 unspecified atom stereocenters. The van der Waals surface area contributed by atoms with Gasteiger partial charge in [-0.3, -0.25) is 9.59 Å². The van der Waals surface area contributed by atoms with Gasteiger partial charge in [0.1, 0.15) is 5.75 Å². The summed E-state index contributed by atoms with van der Waals surface area (Å²) in [5.41, 5.74) is 2.60. The molecule has 0 bridgehead atoms. The van der Waals surface area contributed by atoms with Crippen molar-refractivity contribution in [1.82, 2.24) is 10.2 Å². The summed E-state index contributed by atoms with van der Waals surface area (Å²) in [6, 6.07) is 15.1. The minimum absolute atomic E-state index is 0.125. The lowest BCUT2D eigenvalue weighted by molar-refractivity contribution is -0.128. The van der Waals surface area contributed by atoms with Crippen LogP contribution in [0.15, 0.2) is 48.5 Å². The third-order valence-corrected chi connectivity index (χ3v) is 4.47. The molecular weight excluding hydrogens is 328 g/mol. The molecule has 5 nitrogen and oxygen atoms in total. The van der Waals surface area contributed by atoms with Gasteiger partial charge in [-0.15, -0.1) is 0 Å². The monoisotopic (exact) mass is 352 g/mol. The van der Waals surface area contributed by atoms with E-state index in [4.69, 9.17) is 4.74 Å². The van der Waals surface area contributed by atoms with E-state index in [1.807, 2.05) is 48.2 Å². The highest BCUT2D eigenvalue weighted by atomic mass is 16.5. The van der Waals surface area contributed by atoms with Crippen LogP contribution in [0.3, 0.4) is 0 Å². The first-order valence-corrected chi connectivity index (χ1v) is 9.03. The SMILES string of the molecule is CCOc1ccccc1CNC(=O)c1ccc(CN2CCCC2=O)cc1. The Kier molecular flexibility index (Phi) is 5.89. The molecule has 2 aromatic carbocycles. The summed E-state index contributed by atoms with van der Waals surface area (Å²) in [6.45, 7) is 4.38. The van der Waals surface area contributed by atoms with Crippen molar-refractivity contribution < 1.29 is 14.3 Å². The lowest BCUT2D eigenvalue weighted by Crippen LogP contribution is -2.24. The Labute approximate surface area is 154 Å². The molecule has 2 amide bonds. The fraction of sp³-hybridized carbons (Fsp3) is 0.333. The number of carbonyl (C=O) groups excluding carboxylic acids is 2. The van der Waals surface area contributed by atoms with Gasteiger partial charge in [-0.25, -0.2) is 0 Å². The molecule has 2 aromatic rings. The van der Waals surface area contributed by atoms with Crippen LogP contribution in [-0.2, 0) is 17.9 Å². The van der Waals surface area contributed by atoms with Gasteiger partial charge in [0.25, 0.3) is 5.91 Å². The number of para-hydroxylation sites is 1. The van der Waals surface area contributed by atoms with Crippen molar-refractivity contribution in [3.8, 4) is 5.75 Å². The first-order chi connectivity index (χ1) is 12.7. The number of hydrogen-bond donors (Lipinski definition) is 1. The Morgan fingerprint density at radius 3 is 2.62 bits per heavy atom. The number of rotatable bonds is 7. The van der Waals surface area contributed by atoms with E-state index in [2.05, 4.69) is 5.32 Å². The summed E-state index contributed by atoms with van der Waals surface area (Å²) in [4.78, 5) is 25.9. The Morgan fingerprint density at radius 1 is 1.15 bits per heavy atom. The highest BCUT2D eigenvalue weighted by Crippen LogP contribution is 2.18. The Morgan fingerprint density at radius 2 is 1.92 bits per heavy atom. The van der Waals surface area contributed by atoms with E-state index in [9.17, 15) is 9.59 Å². The lowest BCUT2D eigenvalue weighted by Gasteiger charge is -2.15. The second-order valence-electron chi connectivity index (χ2n) is 6.34. The Bertz CT molecular complexity index is 771. The number of carbonyl (C=O) groups is 2. The molecule has 1 heterocycles. The predicted molar refractivity (Wildman–Crippen MR) is 99.9 cm³/mol. The minimum atomic E-state index is -0.125. The molecular formula is C21H24N2O3. The molecule has 0 atom stereocenters. The van der Waals surface area contributed by atoms with Crippen molar-refractivity contribution in [3.63, 3.8) is 0 Å². The largest absolute Gasteiger partial charge is 0.494 e. The fourth-order valence-corrected chi connectivity index (χ4v) is 3.08. The second-order valence-corrected chi connectivity index (χ2v) is 6.34. The molecule has 1 N–H and O–H groups in total. The van der Waals surface area contributed by atoms with Crippen molar-refractivity contribution in [3.05, 3.63) is 65.2 Å². The summed E-state index contributed by atoms with van der Waals surface area (Å²) in [5, 5.41) is 2.93. The molecule has 5 heteroatoms. The maximum Gasteiger partial charge on any atom is 0.251 e. The Hall–Kier alpha value is -2.82. The highest BCUT2D eigenvalue weighted by Gasteiger charge is 2.20. The van der Waals surface area contributed by atoms with E-state index < -0.39 is 0 Å². The first-order valence-electron chi connectivity index (χ1n) is 9.03. The van der Waals surface area contributed by atoms with E-state index in [-0.39, 0.29) is 11.8 Å². The van der Waals surface area contributed by atoms with Crippen molar-refractivity contribution in [2.75, 3.05) is 13.2 Å². The number of nitrogens with zero attached hydrogens (tertiary/aromatic N) is 1. The number of likely N-dealkylation sites (tertiary alicyclic amines) is 1. The molecule has 0 aliphatic carbocycles. The zero-order chi connectivity index (χ0) is 18.4.